The standard InChI is InChI=1S/C13H19N3O3S/c1-9(20-2)5-6-14-13(19)16-11-4-3-10(15-8-11)7-12(17)18/h3-4,8-9H,5-7H2,1-2H3,(H,17,18)(H2,14,16,19). The van der Waals surface area contributed by atoms with Gasteiger partial charge in [0.1, 0.15) is 0 Å². The van der Waals surface area contributed by atoms with Crippen LogP contribution < -0.4 is 10.6 Å². The molecule has 1 atom stereocenters. The molecule has 6 nitrogen and oxygen atoms in total. The highest BCUT2D eigenvalue weighted by atomic mass is 32.2. The van der Waals surface area contributed by atoms with Crippen molar-refractivity contribution in [2.75, 3.05) is 18.1 Å². The van der Waals surface area contributed by atoms with Gasteiger partial charge in [0.25, 0.3) is 0 Å². The third kappa shape index (κ3) is 6.42. The topological polar surface area (TPSA) is 91.3 Å². The minimum atomic E-state index is -0.932. The predicted octanol–water partition coefficient (Wildman–Crippen LogP) is 1.97. The van der Waals surface area contributed by atoms with E-state index in [2.05, 4.69) is 22.5 Å². The highest BCUT2D eigenvalue weighted by molar-refractivity contribution is 7.99. The number of urea groups is 1. The van der Waals surface area contributed by atoms with Gasteiger partial charge in [-0.15, -0.1) is 0 Å². The summed E-state index contributed by atoms with van der Waals surface area (Å²) < 4.78 is 0. The van der Waals surface area contributed by atoms with Crippen LogP contribution in [-0.2, 0) is 11.2 Å². The summed E-state index contributed by atoms with van der Waals surface area (Å²) in [7, 11) is 0. The van der Waals surface area contributed by atoms with Gasteiger partial charge in [-0.05, 0) is 24.8 Å². The van der Waals surface area contributed by atoms with Gasteiger partial charge in [0, 0.05) is 11.8 Å². The summed E-state index contributed by atoms with van der Waals surface area (Å²) in [6.07, 6.45) is 4.26. The largest absolute Gasteiger partial charge is 0.481 e. The summed E-state index contributed by atoms with van der Waals surface area (Å²) in [4.78, 5) is 26.1. The van der Waals surface area contributed by atoms with E-state index in [4.69, 9.17) is 5.11 Å². The zero-order chi connectivity index (χ0) is 15.0. The van der Waals surface area contributed by atoms with E-state index in [1.807, 2.05) is 6.26 Å². The van der Waals surface area contributed by atoms with Crippen molar-refractivity contribution in [2.24, 2.45) is 0 Å². The molecule has 0 bridgehead atoms. The Labute approximate surface area is 122 Å². The Morgan fingerprint density at radius 1 is 1.45 bits per heavy atom. The number of hydrogen-bond donors (Lipinski definition) is 3. The molecule has 1 rings (SSSR count). The summed E-state index contributed by atoms with van der Waals surface area (Å²) in [6.45, 7) is 2.72. The third-order valence-electron chi connectivity index (χ3n) is 2.65. The second-order valence-corrected chi connectivity index (χ2v) is 5.60. The van der Waals surface area contributed by atoms with Crippen molar-refractivity contribution in [1.29, 1.82) is 0 Å². The number of aromatic nitrogens is 1. The molecule has 2 amide bonds. The fraction of sp³-hybridized carbons (Fsp3) is 0.462. The van der Waals surface area contributed by atoms with Crippen molar-refractivity contribution in [3.8, 4) is 0 Å². The van der Waals surface area contributed by atoms with Crippen LogP contribution in [0.3, 0.4) is 0 Å². The Morgan fingerprint density at radius 3 is 2.75 bits per heavy atom. The number of nitrogens with zero attached hydrogens (tertiary/aromatic N) is 1. The predicted molar refractivity (Wildman–Crippen MR) is 80.2 cm³/mol. The summed E-state index contributed by atoms with van der Waals surface area (Å²) >= 11 is 1.76. The second kappa shape index (κ2) is 8.42. The molecule has 7 heteroatoms. The molecule has 0 spiro atoms. The fourth-order valence-corrected chi connectivity index (χ4v) is 1.79. The van der Waals surface area contributed by atoms with Gasteiger partial charge in [-0.3, -0.25) is 9.78 Å². The number of carboxylic acids is 1. The van der Waals surface area contributed by atoms with Gasteiger partial charge in [-0.2, -0.15) is 11.8 Å². The van der Waals surface area contributed by atoms with Crippen molar-refractivity contribution in [1.82, 2.24) is 10.3 Å². The third-order valence-corrected chi connectivity index (χ3v) is 3.69. The highest BCUT2D eigenvalue weighted by Crippen LogP contribution is 2.09. The molecule has 0 aliphatic rings. The lowest BCUT2D eigenvalue weighted by atomic mass is 10.2. The molecule has 1 unspecified atom stereocenters. The van der Waals surface area contributed by atoms with Crippen LogP contribution in [0.1, 0.15) is 19.0 Å². The van der Waals surface area contributed by atoms with E-state index in [-0.39, 0.29) is 12.5 Å². The molecule has 0 fully saturated rings. The zero-order valence-corrected chi connectivity index (χ0v) is 12.4. The van der Waals surface area contributed by atoms with Crippen molar-refractivity contribution in [3.05, 3.63) is 24.0 Å². The minimum absolute atomic E-state index is 0.126. The first-order valence-electron chi connectivity index (χ1n) is 6.25. The molecule has 1 heterocycles. The minimum Gasteiger partial charge on any atom is -0.481 e. The number of pyridine rings is 1. The molecular formula is C13H19N3O3S. The molecule has 0 aromatic carbocycles. The molecule has 3 N–H and O–H groups in total. The smallest absolute Gasteiger partial charge is 0.319 e. The van der Waals surface area contributed by atoms with Crippen LogP contribution in [0.4, 0.5) is 10.5 Å². The summed E-state index contributed by atoms with van der Waals surface area (Å²) in [5.41, 5.74) is 0.992. The average molecular weight is 297 g/mol. The van der Waals surface area contributed by atoms with Crippen molar-refractivity contribution in [3.63, 3.8) is 0 Å². The van der Waals surface area contributed by atoms with Crippen molar-refractivity contribution in [2.45, 2.75) is 25.0 Å². The van der Waals surface area contributed by atoms with E-state index in [0.29, 0.717) is 23.2 Å². The highest BCUT2D eigenvalue weighted by Gasteiger charge is 2.05. The molecule has 110 valence electrons. The number of hydrogen-bond acceptors (Lipinski definition) is 4. The number of rotatable bonds is 7. The van der Waals surface area contributed by atoms with Crippen LogP contribution in [0.5, 0.6) is 0 Å². The maximum absolute atomic E-state index is 11.6. The normalized spacial score (nSPS) is 11.7. The molecule has 20 heavy (non-hydrogen) atoms. The number of anilines is 1. The monoisotopic (exact) mass is 297 g/mol. The van der Waals surface area contributed by atoms with Crippen molar-refractivity contribution >= 4 is 29.4 Å². The van der Waals surface area contributed by atoms with E-state index in [0.717, 1.165) is 6.42 Å². The van der Waals surface area contributed by atoms with Gasteiger partial charge in [0.15, 0.2) is 0 Å². The van der Waals surface area contributed by atoms with Crippen LogP contribution in [0.25, 0.3) is 0 Å². The summed E-state index contributed by atoms with van der Waals surface area (Å²) in [5, 5.41) is 14.5. The van der Waals surface area contributed by atoms with Gasteiger partial charge >= 0.3 is 12.0 Å². The maximum Gasteiger partial charge on any atom is 0.319 e. The lowest BCUT2D eigenvalue weighted by Gasteiger charge is -2.10. The van der Waals surface area contributed by atoms with Crippen LogP contribution in [0, 0.1) is 0 Å². The van der Waals surface area contributed by atoms with Crippen LogP contribution in [0.15, 0.2) is 18.3 Å². The molecule has 1 aromatic rings. The molecule has 0 saturated carbocycles. The Balaban J connectivity index is 2.36. The average Bonchev–Trinajstić information content (AvgIpc) is 2.40. The maximum atomic E-state index is 11.6. The molecular weight excluding hydrogens is 278 g/mol. The van der Waals surface area contributed by atoms with E-state index in [1.54, 1.807) is 23.9 Å². The number of nitrogens with one attached hydrogen (secondary N) is 2. The molecule has 0 radical (unpaired) electrons. The molecule has 0 aliphatic heterocycles. The van der Waals surface area contributed by atoms with Crippen molar-refractivity contribution < 1.29 is 14.7 Å². The molecule has 0 aliphatic carbocycles. The Bertz CT molecular complexity index is 451. The number of carboxylic acid groups (broad SMARTS) is 1. The lowest BCUT2D eigenvalue weighted by Crippen LogP contribution is -2.30. The number of aliphatic carboxylic acids is 1. The van der Waals surface area contributed by atoms with Crippen LogP contribution in [-0.4, -0.2) is 40.1 Å². The Kier molecular flexibility index (Phi) is 6.86. The van der Waals surface area contributed by atoms with Gasteiger partial charge < -0.3 is 15.7 Å². The second-order valence-electron chi connectivity index (χ2n) is 4.32. The van der Waals surface area contributed by atoms with Crippen LogP contribution in [0.2, 0.25) is 0 Å². The van der Waals surface area contributed by atoms with Gasteiger partial charge in [0.2, 0.25) is 0 Å². The van der Waals surface area contributed by atoms with Gasteiger partial charge in [-0.1, -0.05) is 6.92 Å². The first-order valence-corrected chi connectivity index (χ1v) is 7.54. The van der Waals surface area contributed by atoms with E-state index < -0.39 is 5.97 Å². The van der Waals surface area contributed by atoms with E-state index in [9.17, 15) is 9.59 Å². The van der Waals surface area contributed by atoms with Crippen LogP contribution >= 0.6 is 11.8 Å². The Hall–Kier alpha value is -1.76. The fourth-order valence-electron chi connectivity index (χ4n) is 1.44. The number of amides is 2. The summed E-state index contributed by atoms with van der Waals surface area (Å²) in [5.74, 6) is -0.932. The molecule has 1 aromatic heterocycles. The zero-order valence-electron chi connectivity index (χ0n) is 11.5. The SMILES string of the molecule is CSC(C)CCNC(=O)Nc1ccc(CC(=O)O)nc1. The van der Waals surface area contributed by atoms with E-state index >= 15 is 0 Å². The van der Waals surface area contributed by atoms with Gasteiger partial charge in [0.05, 0.1) is 24.0 Å². The Morgan fingerprint density at radius 2 is 2.20 bits per heavy atom. The first kappa shape index (κ1) is 16.3. The number of thioether (sulfide) groups is 1. The lowest BCUT2D eigenvalue weighted by molar-refractivity contribution is -0.136. The quantitative estimate of drug-likeness (QED) is 0.715. The van der Waals surface area contributed by atoms with Gasteiger partial charge in [-0.25, -0.2) is 4.79 Å². The van der Waals surface area contributed by atoms with E-state index in [1.165, 1.54) is 6.20 Å². The first-order chi connectivity index (χ1) is 9.51. The molecule has 0 saturated heterocycles. The number of carbonyl (C=O) groups excluding carboxylic acids is 1. The number of carbonyl (C=O) groups is 2. The summed E-state index contributed by atoms with van der Waals surface area (Å²) in [6, 6.07) is 2.93.